The third-order valence-corrected chi connectivity index (χ3v) is 6.28. The molecule has 0 unspecified atom stereocenters. The predicted octanol–water partition coefficient (Wildman–Crippen LogP) is 0.636. The number of hydrogen-bond donors (Lipinski definition) is 2. The highest BCUT2D eigenvalue weighted by atomic mass is 32.2. The van der Waals surface area contributed by atoms with Gasteiger partial charge in [0.05, 0.1) is 11.0 Å². The van der Waals surface area contributed by atoms with Crippen LogP contribution in [0.2, 0.25) is 0 Å². The number of nitrogens with one attached hydrogen (secondary N) is 2. The van der Waals surface area contributed by atoms with Crippen molar-refractivity contribution in [2.45, 2.75) is 24.7 Å². The number of piperazine rings is 1. The van der Waals surface area contributed by atoms with Crippen LogP contribution >= 0.6 is 0 Å². The number of rotatable bonds is 10. The van der Waals surface area contributed by atoms with Crippen LogP contribution in [0.5, 0.6) is 0 Å². The van der Waals surface area contributed by atoms with Crippen molar-refractivity contribution in [1.29, 1.82) is 5.26 Å². The summed E-state index contributed by atoms with van der Waals surface area (Å²) in [5.74, 6) is -0.211. The number of carbonyl (C=O) groups excluding carboxylic acids is 1. The highest BCUT2D eigenvalue weighted by molar-refractivity contribution is 7.89. The third kappa shape index (κ3) is 6.87. The highest BCUT2D eigenvalue weighted by Crippen LogP contribution is 2.10. The summed E-state index contributed by atoms with van der Waals surface area (Å²) in [5, 5.41) is 11.4. The van der Waals surface area contributed by atoms with E-state index in [0.29, 0.717) is 12.1 Å². The van der Waals surface area contributed by atoms with E-state index < -0.39 is 10.0 Å². The Hall–Kier alpha value is -1.99. The van der Waals surface area contributed by atoms with Gasteiger partial charge in [0, 0.05) is 51.3 Å². The fraction of sp³-hybridized carbons (Fsp3) is 0.579. The van der Waals surface area contributed by atoms with E-state index in [9.17, 15) is 13.2 Å². The molecule has 1 amide bonds. The Bertz CT molecular complexity index is 766. The summed E-state index contributed by atoms with van der Waals surface area (Å²) in [7, 11) is -3.66. The zero-order valence-electron chi connectivity index (χ0n) is 16.4. The van der Waals surface area contributed by atoms with E-state index >= 15 is 0 Å². The molecule has 1 saturated heterocycles. The quantitative estimate of drug-likeness (QED) is 0.551. The molecule has 0 radical (unpaired) electrons. The van der Waals surface area contributed by atoms with Crippen molar-refractivity contribution in [3.8, 4) is 6.07 Å². The van der Waals surface area contributed by atoms with Crippen molar-refractivity contribution in [2.75, 3.05) is 52.4 Å². The Morgan fingerprint density at radius 1 is 1.11 bits per heavy atom. The van der Waals surface area contributed by atoms with Crippen molar-refractivity contribution in [3.63, 3.8) is 0 Å². The second kappa shape index (κ2) is 11.1. The van der Waals surface area contributed by atoms with Gasteiger partial charge in [-0.2, -0.15) is 5.26 Å². The average Bonchev–Trinajstić information content (AvgIpc) is 2.71. The van der Waals surface area contributed by atoms with Gasteiger partial charge >= 0.3 is 0 Å². The Morgan fingerprint density at radius 3 is 2.36 bits per heavy atom. The number of amides is 1. The van der Waals surface area contributed by atoms with E-state index in [-0.39, 0.29) is 23.8 Å². The lowest BCUT2D eigenvalue weighted by Gasteiger charge is -2.33. The van der Waals surface area contributed by atoms with Crippen molar-refractivity contribution in [2.24, 2.45) is 0 Å². The summed E-state index contributed by atoms with van der Waals surface area (Å²) < 4.78 is 26.5. The molecule has 1 aliphatic rings. The van der Waals surface area contributed by atoms with Gasteiger partial charge in [-0.05, 0) is 43.8 Å². The van der Waals surface area contributed by atoms with Crippen LogP contribution in [0.1, 0.15) is 30.1 Å². The number of nitrogens with zero attached hydrogens (tertiary/aromatic N) is 3. The minimum Gasteiger partial charge on any atom is -0.352 e. The Morgan fingerprint density at radius 2 is 1.75 bits per heavy atom. The van der Waals surface area contributed by atoms with Crippen molar-refractivity contribution < 1.29 is 13.2 Å². The molecule has 0 spiro atoms. The summed E-state index contributed by atoms with van der Waals surface area (Å²) in [5.41, 5.74) is 0.424. The van der Waals surface area contributed by atoms with Crippen LogP contribution in [0.4, 0.5) is 0 Å². The molecule has 1 aromatic carbocycles. The summed E-state index contributed by atoms with van der Waals surface area (Å²) in [6.45, 7) is 9.23. The fourth-order valence-corrected chi connectivity index (χ4v) is 4.08. The molecule has 8 nitrogen and oxygen atoms in total. The molecule has 0 aliphatic carbocycles. The standard InChI is InChI=1S/C19H29N5O3S/c1-2-23-13-15-24(16-14-23)12-4-10-21-19(25)17-5-7-18(8-6-17)28(26,27)22-11-3-9-20/h5-8,22H,2-4,10-16H2,1H3,(H,21,25). The van der Waals surface area contributed by atoms with Gasteiger partial charge in [-0.3, -0.25) is 4.79 Å². The minimum atomic E-state index is -3.66. The fourth-order valence-electron chi connectivity index (χ4n) is 3.05. The third-order valence-electron chi connectivity index (χ3n) is 4.80. The normalized spacial score (nSPS) is 15.9. The Kier molecular flexibility index (Phi) is 8.86. The molecule has 9 heteroatoms. The number of nitriles is 1. The first-order valence-electron chi connectivity index (χ1n) is 9.66. The van der Waals surface area contributed by atoms with E-state index in [1.807, 2.05) is 6.07 Å². The lowest BCUT2D eigenvalue weighted by Crippen LogP contribution is -2.46. The molecule has 0 atom stereocenters. The first kappa shape index (κ1) is 22.3. The van der Waals surface area contributed by atoms with Crippen LogP contribution in [-0.2, 0) is 10.0 Å². The molecule has 154 valence electrons. The zero-order chi connectivity index (χ0) is 20.4. The Labute approximate surface area is 167 Å². The topological polar surface area (TPSA) is 106 Å². The maximum atomic E-state index is 12.2. The molecule has 0 bridgehead atoms. The molecule has 0 aromatic heterocycles. The van der Waals surface area contributed by atoms with Crippen molar-refractivity contribution in [3.05, 3.63) is 29.8 Å². The van der Waals surface area contributed by atoms with E-state index in [4.69, 9.17) is 5.26 Å². The lowest BCUT2D eigenvalue weighted by atomic mass is 10.2. The number of hydrogen-bond acceptors (Lipinski definition) is 6. The molecule has 1 aromatic rings. The maximum Gasteiger partial charge on any atom is 0.251 e. The van der Waals surface area contributed by atoms with Gasteiger partial charge in [0.1, 0.15) is 0 Å². The largest absolute Gasteiger partial charge is 0.352 e. The van der Waals surface area contributed by atoms with Crippen molar-refractivity contribution in [1.82, 2.24) is 19.8 Å². The van der Waals surface area contributed by atoms with E-state index in [2.05, 4.69) is 26.8 Å². The first-order chi connectivity index (χ1) is 13.5. The highest BCUT2D eigenvalue weighted by Gasteiger charge is 2.16. The Balaban J connectivity index is 1.73. The molecule has 2 N–H and O–H groups in total. The van der Waals surface area contributed by atoms with Crippen molar-refractivity contribution >= 4 is 15.9 Å². The predicted molar refractivity (Wildman–Crippen MR) is 107 cm³/mol. The van der Waals surface area contributed by atoms with Gasteiger partial charge in [-0.15, -0.1) is 0 Å². The second-order valence-electron chi connectivity index (χ2n) is 6.72. The number of likely N-dealkylation sites (N-methyl/N-ethyl adjacent to an activating group) is 1. The van der Waals surface area contributed by atoms with Crippen LogP contribution in [0.15, 0.2) is 29.2 Å². The van der Waals surface area contributed by atoms with E-state index in [1.54, 1.807) is 0 Å². The first-order valence-corrected chi connectivity index (χ1v) is 11.1. The van der Waals surface area contributed by atoms with Crippen LogP contribution < -0.4 is 10.0 Å². The molecular weight excluding hydrogens is 378 g/mol. The van der Waals surface area contributed by atoms with E-state index in [1.165, 1.54) is 24.3 Å². The average molecular weight is 408 g/mol. The van der Waals surface area contributed by atoms with Gasteiger partial charge < -0.3 is 15.1 Å². The lowest BCUT2D eigenvalue weighted by molar-refractivity contribution is 0.0948. The van der Waals surface area contributed by atoms with Gasteiger partial charge in [0.25, 0.3) is 5.91 Å². The van der Waals surface area contributed by atoms with Crippen LogP contribution in [-0.4, -0.2) is 76.5 Å². The van der Waals surface area contributed by atoms with Gasteiger partial charge in [-0.25, -0.2) is 13.1 Å². The molecule has 2 rings (SSSR count). The van der Waals surface area contributed by atoms with E-state index in [0.717, 1.165) is 45.7 Å². The summed E-state index contributed by atoms with van der Waals surface area (Å²) in [6, 6.07) is 7.68. The van der Waals surface area contributed by atoms with Crippen LogP contribution in [0, 0.1) is 11.3 Å². The molecule has 1 aliphatic heterocycles. The number of benzene rings is 1. The SMILES string of the molecule is CCN1CCN(CCCNC(=O)c2ccc(S(=O)(=O)NCCC#N)cc2)CC1. The maximum absolute atomic E-state index is 12.2. The smallest absolute Gasteiger partial charge is 0.251 e. The van der Waals surface area contributed by atoms with Gasteiger partial charge in [0.15, 0.2) is 0 Å². The summed E-state index contributed by atoms with van der Waals surface area (Å²) in [6.07, 6.45) is 0.987. The van der Waals surface area contributed by atoms with Crippen LogP contribution in [0.25, 0.3) is 0 Å². The number of sulfonamides is 1. The molecule has 1 heterocycles. The molecule has 0 saturated carbocycles. The summed E-state index contributed by atoms with van der Waals surface area (Å²) in [4.78, 5) is 17.1. The number of carbonyl (C=O) groups is 1. The molecule has 28 heavy (non-hydrogen) atoms. The van der Waals surface area contributed by atoms with Crippen LogP contribution in [0.3, 0.4) is 0 Å². The second-order valence-corrected chi connectivity index (χ2v) is 8.48. The van der Waals surface area contributed by atoms with Gasteiger partial charge in [0.2, 0.25) is 10.0 Å². The molecule has 1 fully saturated rings. The monoisotopic (exact) mass is 407 g/mol. The summed E-state index contributed by atoms with van der Waals surface area (Å²) >= 11 is 0. The molecular formula is C19H29N5O3S. The van der Waals surface area contributed by atoms with Gasteiger partial charge in [-0.1, -0.05) is 6.92 Å². The minimum absolute atomic E-state index is 0.0641. The zero-order valence-corrected chi connectivity index (χ0v) is 17.2.